The van der Waals surface area contributed by atoms with Crippen LogP contribution in [0.1, 0.15) is 18.9 Å². The van der Waals surface area contributed by atoms with E-state index in [0.29, 0.717) is 0 Å². The molecule has 0 fully saturated rings. The Balaban J connectivity index is 1.96. The topological polar surface area (TPSA) is 15.3 Å². The molecule has 1 N–H and O–H groups in total. The smallest absolute Gasteiger partial charge is 0.0414 e. The highest BCUT2D eigenvalue weighted by Crippen LogP contribution is 2.30. The van der Waals surface area contributed by atoms with E-state index in [0.717, 1.165) is 13.1 Å². The molecule has 0 saturated carbocycles. The zero-order chi connectivity index (χ0) is 13.1. The van der Waals surface area contributed by atoms with Crippen LogP contribution in [0.2, 0.25) is 0 Å². The van der Waals surface area contributed by atoms with Crippen molar-refractivity contribution in [2.75, 3.05) is 23.3 Å². The van der Waals surface area contributed by atoms with Gasteiger partial charge in [0.25, 0.3) is 0 Å². The Morgan fingerprint density at radius 1 is 1.05 bits per heavy atom. The van der Waals surface area contributed by atoms with Gasteiger partial charge in [0.15, 0.2) is 0 Å². The number of aryl methyl sites for hydroxylation is 1. The fourth-order valence-electron chi connectivity index (χ4n) is 2.75. The third-order valence-electron chi connectivity index (χ3n) is 3.72. The first-order chi connectivity index (χ1) is 9.38. The lowest BCUT2D eigenvalue weighted by molar-refractivity contribution is 0.829. The van der Waals surface area contributed by atoms with Crippen molar-refractivity contribution >= 4 is 17.1 Å². The maximum atomic E-state index is 3.47. The van der Waals surface area contributed by atoms with Gasteiger partial charge in [0.1, 0.15) is 0 Å². The highest BCUT2D eigenvalue weighted by atomic mass is 15.1. The lowest BCUT2D eigenvalue weighted by atomic mass is 10.0. The lowest BCUT2D eigenvalue weighted by Gasteiger charge is -2.26. The fourth-order valence-corrected chi connectivity index (χ4v) is 2.75. The molecule has 0 radical (unpaired) electrons. The monoisotopic (exact) mass is 252 g/mol. The first-order valence-electron chi connectivity index (χ1n) is 7.08. The van der Waals surface area contributed by atoms with Crippen molar-refractivity contribution in [3.8, 4) is 0 Å². The molecule has 2 heteroatoms. The highest BCUT2D eigenvalue weighted by Gasteiger charge is 2.12. The molecule has 1 heterocycles. The molecular formula is C17H20N2. The third kappa shape index (κ3) is 2.43. The Hall–Kier alpha value is -1.96. The predicted molar refractivity (Wildman–Crippen MR) is 82.4 cm³/mol. The average molecular weight is 252 g/mol. The van der Waals surface area contributed by atoms with Crippen LogP contribution in [0.5, 0.6) is 0 Å². The van der Waals surface area contributed by atoms with Crippen molar-refractivity contribution in [1.82, 2.24) is 0 Å². The van der Waals surface area contributed by atoms with Crippen LogP contribution in [-0.2, 0) is 6.42 Å². The lowest BCUT2D eigenvalue weighted by Crippen LogP contribution is -2.17. The number of nitrogens with zero attached hydrogens (tertiary/aromatic N) is 1. The molecule has 2 aromatic carbocycles. The Kier molecular flexibility index (Phi) is 3.41. The van der Waals surface area contributed by atoms with E-state index in [2.05, 4.69) is 65.7 Å². The van der Waals surface area contributed by atoms with Gasteiger partial charge in [-0.05, 0) is 55.7 Å². The molecule has 0 aliphatic carbocycles. The normalized spacial score (nSPS) is 13.5. The quantitative estimate of drug-likeness (QED) is 0.880. The maximum absolute atomic E-state index is 3.47. The van der Waals surface area contributed by atoms with Gasteiger partial charge < -0.3 is 10.2 Å². The standard InChI is InChI=1S/C17H20N2/c1-2-19(15-8-4-3-5-9-15)16-10-11-17-14(13-16)7-6-12-18-17/h3-5,8-11,13,18H,2,6-7,12H2,1H3. The third-order valence-corrected chi connectivity index (χ3v) is 3.72. The molecule has 2 aromatic rings. The minimum atomic E-state index is 0.982. The molecule has 0 amide bonds. The van der Waals surface area contributed by atoms with Crippen LogP contribution in [0.25, 0.3) is 0 Å². The number of anilines is 3. The largest absolute Gasteiger partial charge is 0.385 e. The first-order valence-corrected chi connectivity index (χ1v) is 7.08. The number of rotatable bonds is 3. The summed E-state index contributed by atoms with van der Waals surface area (Å²) in [6.07, 6.45) is 2.41. The summed E-state index contributed by atoms with van der Waals surface area (Å²) in [5.74, 6) is 0. The molecule has 0 unspecified atom stereocenters. The van der Waals surface area contributed by atoms with E-state index < -0.39 is 0 Å². The number of hydrogen-bond acceptors (Lipinski definition) is 2. The predicted octanol–water partition coefficient (Wildman–Crippen LogP) is 4.20. The molecule has 3 rings (SSSR count). The average Bonchev–Trinajstić information content (AvgIpc) is 2.49. The van der Waals surface area contributed by atoms with E-state index in [9.17, 15) is 0 Å². The van der Waals surface area contributed by atoms with Gasteiger partial charge in [0.05, 0.1) is 0 Å². The Labute approximate surface area is 115 Å². The van der Waals surface area contributed by atoms with Gasteiger partial charge in [-0.2, -0.15) is 0 Å². The number of fused-ring (bicyclic) bond motifs is 1. The number of benzene rings is 2. The zero-order valence-corrected chi connectivity index (χ0v) is 11.4. The van der Waals surface area contributed by atoms with E-state index in [1.807, 2.05) is 0 Å². The summed E-state index contributed by atoms with van der Waals surface area (Å²) in [6, 6.07) is 17.4. The first kappa shape index (κ1) is 12.1. The second kappa shape index (κ2) is 5.35. The molecule has 98 valence electrons. The Morgan fingerprint density at radius 2 is 1.89 bits per heavy atom. The Bertz CT molecular complexity index is 548. The summed E-state index contributed by atoms with van der Waals surface area (Å²) in [7, 11) is 0. The summed E-state index contributed by atoms with van der Waals surface area (Å²) in [5, 5.41) is 3.47. The van der Waals surface area contributed by atoms with Crippen LogP contribution >= 0.6 is 0 Å². The minimum absolute atomic E-state index is 0.982. The molecule has 1 aliphatic rings. The zero-order valence-electron chi connectivity index (χ0n) is 11.4. The molecule has 0 atom stereocenters. The fraction of sp³-hybridized carbons (Fsp3) is 0.294. The van der Waals surface area contributed by atoms with Gasteiger partial charge in [-0.15, -0.1) is 0 Å². The SMILES string of the molecule is CCN(c1ccccc1)c1ccc2c(c1)CCCN2. The number of hydrogen-bond donors (Lipinski definition) is 1. The van der Waals surface area contributed by atoms with Crippen molar-refractivity contribution in [2.45, 2.75) is 19.8 Å². The van der Waals surface area contributed by atoms with Gasteiger partial charge in [0.2, 0.25) is 0 Å². The Morgan fingerprint density at radius 3 is 2.68 bits per heavy atom. The summed E-state index contributed by atoms with van der Waals surface area (Å²) >= 11 is 0. The second-order valence-corrected chi connectivity index (χ2v) is 4.95. The second-order valence-electron chi connectivity index (χ2n) is 4.95. The van der Waals surface area contributed by atoms with Crippen LogP contribution in [0.3, 0.4) is 0 Å². The number of nitrogens with one attached hydrogen (secondary N) is 1. The van der Waals surface area contributed by atoms with Crippen LogP contribution in [0.4, 0.5) is 17.1 Å². The minimum Gasteiger partial charge on any atom is -0.385 e. The van der Waals surface area contributed by atoms with Crippen molar-refractivity contribution in [1.29, 1.82) is 0 Å². The van der Waals surface area contributed by atoms with Crippen LogP contribution < -0.4 is 10.2 Å². The van der Waals surface area contributed by atoms with E-state index >= 15 is 0 Å². The van der Waals surface area contributed by atoms with Crippen molar-refractivity contribution in [3.63, 3.8) is 0 Å². The highest BCUT2D eigenvalue weighted by molar-refractivity contribution is 5.68. The van der Waals surface area contributed by atoms with Gasteiger partial charge in [-0.25, -0.2) is 0 Å². The van der Waals surface area contributed by atoms with E-state index in [4.69, 9.17) is 0 Å². The summed E-state index contributed by atoms with van der Waals surface area (Å²) in [6.45, 7) is 4.28. The van der Waals surface area contributed by atoms with E-state index in [1.54, 1.807) is 0 Å². The van der Waals surface area contributed by atoms with Crippen LogP contribution in [0, 0.1) is 0 Å². The van der Waals surface area contributed by atoms with Gasteiger partial charge in [-0.1, -0.05) is 18.2 Å². The van der Waals surface area contributed by atoms with Crippen molar-refractivity contribution in [3.05, 3.63) is 54.1 Å². The molecule has 19 heavy (non-hydrogen) atoms. The maximum Gasteiger partial charge on any atom is 0.0414 e. The van der Waals surface area contributed by atoms with Crippen molar-refractivity contribution < 1.29 is 0 Å². The van der Waals surface area contributed by atoms with E-state index in [-0.39, 0.29) is 0 Å². The molecule has 0 bridgehead atoms. The van der Waals surface area contributed by atoms with Gasteiger partial charge in [-0.3, -0.25) is 0 Å². The van der Waals surface area contributed by atoms with Crippen molar-refractivity contribution in [2.24, 2.45) is 0 Å². The molecular weight excluding hydrogens is 232 g/mol. The van der Waals surface area contributed by atoms with Gasteiger partial charge in [0, 0.05) is 30.2 Å². The summed E-state index contributed by atoms with van der Waals surface area (Å²) in [5.41, 5.74) is 5.29. The van der Waals surface area contributed by atoms with Crippen LogP contribution in [-0.4, -0.2) is 13.1 Å². The number of para-hydroxylation sites is 1. The molecule has 0 saturated heterocycles. The van der Waals surface area contributed by atoms with Gasteiger partial charge >= 0.3 is 0 Å². The van der Waals surface area contributed by atoms with Crippen LogP contribution in [0.15, 0.2) is 48.5 Å². The molecule has 2 nitrogen and oxygen atoms in total. The summed E-state index contributed by atoms with van der Waals surface area (Å²) < 4.78 is 0. The van der Waals surface area contributed by atoms with E-state index in [1.165, 1.54) is 35.5 Å². The molecule has 1 aliphatic heterocycles. The molecule has 0 aromatic heterocycles. The summed E-state index contributed by atoms with van der Waals surface area (Å²) in [4.78, 5) is 2.36. The molecule has 0 spiro atoms.